The molecule has 22 heavy (non-hydrogen) atoms. The maximum Gasteiger partial charge on any atom is 0.151 e. The van der Waals surface area contributed by atoms with Gasteiger partial charge in [-0.1, -0.05) is 28.9 Å². The Morgan fingerprint density at radius 2 is 2.05 bits per heavy atom. The molecule has 0 amide bonds. The van der Waals surface area contributed by atoms with Crippen molar-refractivity contribution in [3.05, 3.63) is 59.3 Å². The Morgan fingerprint density at radius 1 is 1.18 bits per heavy atom. The lowest BCUT2D eigenvalue weighted by Crippen LogP contribution is -2.33. The lowest BCUT2D eigenvalue weighted by atomic mass is 10.1. The molecular weight excluding hydrogens is 300 g/mol. The van der Waals surface area contributed by atoms with Gasteiger partial charge in [0, 0.05) is 42.1 Å². The van der Waals surface area contributed by atoms with Crippen LogP contribution in [0.25, 0.3) is 11.3 Å². The molecule has 0 fully saturated rings. The lowest BCUT2D eigenvalue weighted by molar-refractivity contribution is 0.186. The molecular formula is C16H15ClN4O. The number of aromatic nitrogens is 3. The number of nitrogens with zero attached hydrogens (tertiary/aromatic N) is 4. The standard InChI is InChI=1S/C16H15ClN4O/c17-13-3-1-12(2-4-13)15-9-14(22-19-15)10-20-7-8-21-6-5-18-16(21)11-20/h1-6,9H,7-8,10-11H2. The monoisotopic (exact) mass is 314 g/mol. The van der Waals surface area contributed by atoms with Crippen molar-refractivity contribution < 1.29 is 4.52 Å². The van der Waals surface area contributed by atoms with E-state index in [2.05, 4.69) is 19.6 Å². The van der Waals surface area contributed by atoms with Crippen molar-refractivity contribution in [2.75, 3.05) is 6.54 Å². The summed E-state index contributed by atoms with van der Waals surface area (Å²) in [7, 11) is 0. The summed E-state index contributed by atoms with van der Waals surface area (Å²) in [6.45, 7) is 3.53. The van der Waals surface area contributed by atoms with Gasteiger partial charge in [-0.25, -0.2) is 4.98 Å². The highest BCUT2D eigenvalue weighted by molar-refractivity contribution is 6.30. The zero-order valence-corrected chi connectivity index (χ0v) is 12.7. The first-order chi connectivity index (χ1) is 10.8. The van der Waals surface area contributed by atoms with Crippen molar-refractivity contribution in [1.29, 1.82) is 0 Å². The minimum atomic E-state index is 0.719. The Balaban J connectivity index is 1.47. The fourth-order valence-electron chi connectivity index (χ4n) is 2.72. The summed E-state index contributed by atoms with van der Waals surface area (Å²) in [5.41, 5.74) is 1.85. The first-order valence-corrected chi connectivity index (χ1v) is 7.59. The molecule has 1 aliphatic heterocycles. The Morgan fingerprint density at radius 3 is 2.91 bits per heavy atom. The van der Waals surface area contributed by atoms with E-state index in [9.17, 15) is 0 Å². The summed E-state index contributed by atoms with van der Waals surface area (Å²) in [6.07, 6.45) is 3.88. The summed E-state index contributed by atoms with van der Waals surface area (Å²) in [4.78, 5) is 6.69. The summed E-state index contributed by atoms with van der Waals surface area (Å²) in [5.74, 6) is 1.97. The van der Waals surface area contributed by atoms with Crippen LogP contribution in [-0.2, 0) is 19.6 Å². The molecule has 0 saturated heterocycles. The second-order valence-corrected chi connectivity index (χ2v) is 5.87. The van der Waals surface area contributed by atoms with E-state index < -0.39 is 0 Å². The van der Waals surface area contributed by atoms with Gasteiger partial charge in [0.2, 0.25) is 0 Å². The number of imidazole rings is 1. The van der Waals surface area contributed by atoms with E-state index in [1.165, 1.54) is 0 Å². The van der Waals surface area contributed by atoms with Gasteiger partial charge in [0.05, 0.1) is 13.1 Å². The molecule has 0 bridgehead atoms. The van der Waals surface area contributed by atoms with Gasteiger partial charge in [-0.05, 0) is 12.1 Å². The maximum absolute atomic E-state index is 5.91. The molecule has 3 aromatic rings. The molecule has 3 heterocycles. The van der Waals surface area contributed by atoms with Crippen molar-refractivity contribution >= 4 is 11.6 Å². The molecule has 0 radical (unpaired) electrons. The SMILES string of the molecule is Clc1ccc(-c2cc(CN3CCn4ccnc4C3)on2)cc1. The quantitative estimate of drug-likeness (QED) is 0.745. The Hall–Kier alpha value is -2.11. The molecule has 1 aromatic carbocycles. The molecule has 0 unspecified atom stereocenters. The first-order valence-electron chi connectivity index (χ1n) is 7.22. The topological polar surface area (TPSA) is 47.1 Å². The van der Waals surface area contributed by atoms with Gasteiger partial charge in [0.25, 0.3) is 0 Å². The minimum Gasteiger partial charge on any atom is -0.359 e. The van der Waals surface area contributed by atoms with Gasteiger partial charge in [0.15, 0.2) is 5.76 Å². The third-order valence-electron chi connectivity index (χ3n) is 3.90. The Bertz CT molecular complexity index is 778. The highest BCUT2D eigenvalue weighted by Crippen LogP contribution is 2.22. The van der Waals surface area contributed by atoms with Crippen LogP contribution in [0, 0.1) is 0 Å². The van der Waals surface area contributed by atoms with E-state index in [4.69, 9.17) is 16.1 Å². The van der Waals surface area contributed by atoms with Crippen LogP contribution in [-0.4, -0.2) is 26.2 Å². The van der Waals surface area contributed by atoms with Crippen LogP contribution in [0.4, 0.5) is 0 Å². The van der Waals surface area contributed by atoms with Gasteiger partial charge in [-0.3, -0.25) is 4.90 Å². The molecule has 0 aliphatic carbocycles. The van der Waals surface area contributed by atoms with E-state index >= 15 is 0 Å². The molecule has 6 heteroatoms. The van der Waals surface area contributed by atoms with Crippen molar-refractivity contribution in [2.45, 2.75) is 19.6 Å². The van der Waals surface area contributed by atoms with Gasteiger partial charge >= 0.3 is 0 Å². The summed E-state index contributed by atoms with van der Waals surface area (Å²) in [5, 5.41) is 4.87. The highest BCUT2D eigenvalue weighted by atomic mass is 35.5. The van der Waals surface area contributed by atoms with Crippen LogP contribution in [0.5, 0.6) is 0 Å². The van der Waals surface area contributed by atoms with Crippen LogP contribution in [0.1, 0.15) is 11.6 Å². The number of hydrogen-bond donors (Lipinski definition) is 0. The summed E-state index contributed by atoms with van der Waals surface area (Å²) in [6, 6.07) is 9.60. The van der Waals surface area contributed by atoms with Crippen LogP contribution in [0.2, 0.25) is 5.02 Å². The maximum atomic E-state index is 5.91. The molecule has 0 N–H and O–H groups in total. The van der Waals surface area contributed by atoms with Gasteiger partial charge in [0.1, 0.15) is 11.5 Å². The molecule has 0 atom stereocenters. The molecule has 5 nitrogen and oxygen atoms in total. The number of benzene rings is 1. The largest absolute Gasteiger partial charge is 0.359 e. The predicted molar refractivity (Wildman–Crippen MR) is 83.3 cm³/mol. The van der Waals surface area contributed by atoms with Crippen LogP contribution < -0.4 is 0 Å². The lowest BCUT2D eigenvalue weighted by Gasteiger charge is -2.26. The van der Waals surface area contributed by atoms with E-state index in [1.807, 2.05) is 42.7 Å². The number of halogens is 1. The number of rotatable bonds is 3. The highest BCUT2D eigenvalue weighted by Gasteiger charge is 2.18. The smallest absolute Gasteiger partial charge is 0.151 e. The van der Waals surface area contributed by atoms with Gasteiger partial charge in [-0.2, -0.15) is 0 Å². The molecule has 4 rings (SSSR count). The van der Waals surface area contributed by atoms with E-state index in [1.54, 1.807) is 0 Å². The number of hydrogen-bond acceptors (Lipinski definition) is 4. The van der Waals surface area contributed by atoms with Gasteiger partial charge < -0.3 is 9.09 Å². The minimum absolute atomic E-state index is 0.719. The Kier molecular flexibility index (Phi) is 3.44. The van der Waals surface area contributed by atoms with Crippen LogP contribution >= 0.6 is 11.6 Å². The molecule has 0 saturated carbocycles. The Labute approximate surface area is 133 Å². The predicted octanol–water partition coefficient (Wildman–Crippen LogP) is 3.21. The van der Waals surface area contributed by atoms with Crippen molar-refractivity contribution in [3.8, 4) is 11.3 Å². The molecule has 112 valence electrons. The fraction of sp³-hybridized carbons (Fsp3) is 0.250. The molecule has 0 spiro atoms. The average molecular weight is 315 g/mol. The van der Waals surface area contributed by atoms with E-state index in [-0.39, 0.29) is 0 Å². The second kappa shape index (κ2) is 5.59. The van der Waals surface area contributed by atoms with Crippen molar-refractivity contribution in [1.82, 2.24) is 19.6 Å². The molecule has 1 aliphatic rings. The van der Waals surface area contributed by atoms with E-state index in [0.29, 0.717) is 0 Å². The third-order valence-corrected chi connectivity index (χ3v) is 4.15. The van der Waals surface area contributed by atoms with Crippen LogP contribution in [0.3, 0.4) is 0 Å². The van der Waals surface area contributed by atoms with Crippen molar-refractivity contribution in [3.63, 3.8) is 0 Å². The second-order valence-electron chi connectivity index (χ2n) is 5.43. The normalized spacial score (nSPS) is 15.0. The van der Waals surface area contributed by atoms with Crippen molar-refractivity contribution in [2.24, 2.45) is 0 Å². The first kappa shape index (κ1) is 13.5. The average Bonchev–Trinajstić information content (AvgIpc) is 3.17. The summed E-state index contributed by atoms with van der Waals surface area (Å²) < 4.78 is 7.66. The van der Waals surface area contributed by atoms with Gasteiger partial charge in [-0.15, -0.1) is 0 Å². The molecule has 2 aromatic heterocycles. The summed E-state index contributed by atoms with van der Waals surface area (Å²) >= 11 is 5.91. The zero-order chi connectivity index (χ0) is 14.9. The van der Waals surface area contributed by atoms with E-state index in [0.717, 1.165) is 54.0 Å². The fourth-order valence-corrected chi connectivity index (χ4v) is 2.85. The zero-order valence-electron chi connectivity index (χ0n) is 11.9. The third kappa shape index (κ3) is 2.65. The number of fused-ring (bicyclic) bond motifs is 1. The van der Waals surface area contributed by atoms with Crippen LogP contribution in [0.15, 0.2) is 47.2 Å².